The monoisotopic (exact) mass is 324 g/mol. The van der Waals surface area contributed by atoms with Gasteiger partial charge >= 0.3 is 0 Å². The smallest absolute Gasteiger partial charge is 0.0297 e. The second-order valence-corrected chi connectivity index (χ2v) is 6.56. The van der Waals surface area contributed by atoms with Gasteiger partial charge in [0.1, 0.15) is 0 Å². The van der Waals surface area contributed by atoms with Gasteiger partial charge in [-0.15, -0.1) is 19.7 Å². The SMILES string of the molecule is C=C(C)C.C=C(C)CC1CC(C)CC(C)C1.C=CC.CC.CC. The topological polar surface area (TPSA) is 0 Å². The Kier molecular flexibility index (Phi) is 30.8. The van der Waals surface area contributed by atoms with E-state index in [1.165, 1.54) is 36.8 Å². The third-order valence-corrected chi connectivity index (χ3v) is 2.91. The summed E-state index contributed by atoms with van der Waals surface area (Å²) < 4.78 is 0. The van der Waals surface area contributed by atoms with Crippen molar-refractivity contribution in [3.05, 3.63) is 37.0 Å². The van der Waals surface area contributed by atoms with E-state index in [0.29, 0.717) is 0 Å². The molecule has 23 heavy (non-hydrogen) atoms. The van der Waals surface area contributed by atoms with Crippen molar-refractivity contribution >= 4 is 0 Å². The Labute approximate surface area is 150 Å². The van der Waals surface area contributed by atoms with Gasteiger partial charge in [-0.2, -0.15) is 0 Å². The van der Waals surface area contributed by atoms with Crippen LogP contribution in [0.25, 0.3) is 0 Å². The maximum absolute atomic E-state index is 4.00. The molecule has 0 heterocycles. The molecule has 1 aliphatic carbocycles. The highest BCUT2D eigenvalue weighted by molar-refractivity contribution is 4.92. The Morgan fingerprint density at radius 2 is 1.13 bits per heavy atom. The molecular formula is C23H48. The summed E-state index contributed by atoms with van der Waals surface area (Å²) in [7, 11) is 0. The predicted molar refractivity (Wildman–Crippen MR) is 114 cm³/mol. The minimum Gasteiger partial charge on any atom is -0.103 e. The molecule has 140 valence electrons. The van der Waals surface area contributed by atoms with E-state index in [1.807, 2.05) is 48.5 Å². The van der Waals surface area contributed by atoms with Crippen LogP contribution in [0.2, 0.25) is 0 Å². The van der Waals surface area contributed by atoms with E-state index in [1.54, 1.807) is 6.08 Å². The van der Waals surface area contributed by atoms with Crippen LogP contribution in [0.5, 0.6) is 0 Å². The maximum Gasteiger partial charge on any atom is -0.0297 e. The third kappa shape index (κ3) is 33.8. The molecule has 1 rings (SSSR count). The molecule has 1 saturated carbocycles. The highest BCUT2D eigenvalue weighted by atomic mass is 14.3. The van der Waals surface area contributed by atoms with Crippen molar-refractivity contribution in [1.82, 2.24) is 0 Å². The molecule has 0 bridgehead atoms. The number of rotatable bonds is 2. The fourth-order valence-corrected chi connectivity index (χ4v) is 2.77. The van der Waals surface area contributed by atoms with Gasteiger partial charge in [-0.1, -0.05) is 58.8 Å². The van der Waals surface area contributed by atoms with Crippen LogP contribution in [0.15, 0.2) is 37.0 Å². The standard InChI is InChI=1S/C12H22.C4H8.C3H6.2C2H6/c1-9(2)5-12-7-10(3)6-11(4)8-12;1-4(2)3;1-3-2;2*1-2/h10-12H,1,5-8H2,2-4H3;1H2,2-3H3;3H,1H2,2H3;2*1-2H3. The largest absolute Gasteiger partial charge is 0.103 e. The van der Waals surface area contributed by atoms with Gasteiger partial charge in [-0.25, -0.2) is 0 Å². The molecule has 0 aromatic rings. The first-order chi connectivity index (χ1) is 10.7. The molecule has 0 saturated heterocycles. The Bertz CT molecular complexity index is 245. The van der Waals surface area contributed by atoms with Crippen molar-refractivity contribution in [3.8, 4) is 0 Å². The van der Waals surface area contributed by atoms with E-state index in [4.69, 9.17) is 0 Å². The average molecular weight is 325 g/mol. The van der Waals surface area contributed by atoms with Crippen molar-refractivity contribution in [2.45, 2.75) is 94.9 Å². The molecule has 1 fully saturated rings. The van der Waals surface area contributed by atoms with E-state index in [0.717, 1.165) is 17.8 Å². The highest BCUT2D eigenvalue weighted by Gasteiger charge is 2.23. The van der Waals surface area contributed by atoms with Gasteiger partial charge in [0.25, 0.3) is 0 Å². The summed E-state index contributed by atoms with van der Waals surface area (Å²) in [5.74, 6) is 2.82. The quantitative estimate of drug-likeness (QED) is 0.445. The second kappa shape index (κ2) is 23.5. The zero-order valence-electron chi connectivity index (χ0n) is 18.3. The highest BCUT2D eigenvalue weighted by Crippen LogP contribution is 2.35. The van der Waals surface area contributed by atoms with Crippen LogP contribution in [0.4, 0.5) is 0 Å². The van der Waals surface area contributed by atoms with Crippen molar-refractivity contribution in [1.29, 1.82) is 0 Å². The molecule has 0 aliphatic heterocycles. The van der Waals surface area contributed by atoms with Gasteiger partial charge in [-0.05, 0) is 71.1 Å². The normalized spacial score (nSPS) is 21.2. The van der Waals surface area contributed by atoms with Crippen molar-refractivity contribution < 1.29 is 0 Å². The number of allylic oxidation sites excluding steroid dienone is 3. The van der Waals surface area contributed by atoms with Crippen LogP contribution in [-0.2, 0) is 0 Å². The third-order valence-electron chi connectivity index (χ3n) is 2.91. The second-order valence-electron chi connectivity index (χ2n) is 6.56. The molecule has 0 radical (unpaired) electrons. The minimum atomic E-state index is 0.932. The molecule has 2 atom stereocenters. The van der Waals surface area contributed by atoms with Gasteiger partial charge < -0.3 is 0 Å². The summed E-state index contributed by atoms with van der Waals surface area (Å²) in [5.41, 5.74) is 2.53. The first-order valence-corrected chi connectivity index (χ1v) is 9.56. The van der Waals surface area contributed by atoms with Gasteiger partial charge in [-0.3, -0.25) is 0 Å². The van der Waals surface area contributed by atoms with E-state index in [2.05, 4.69) is 40.5 Å². The van der Waals surface area contributed by atoms with E-state index < -0.39 is 0 Å². The lowest BCUT2D eigenvalue weighted by atomic mass is 9.75. The molecular weight excluding hydrogens is 276 g/mol. The number of hydrogen-bond donors (Lipinski definition) is 0. The maximum atomic E-state index is 4.00. The lowest BCUT2D eigenvalue weighted by Gasteiger charge is -2.31. The van der Waals surface area contributed by atoms with Crippen molar-refractivity contribution in [2.24, 2.45) is 17.8 Å². The average Bonchev–Trinajstić information content (AvgIpc) is 2.41. The predicted octanol–water partition coefficient (Wildman–Crippen LogP) is 8.85. The molecule has 2 unspecified atom stereocenters. The van der Waals surface area contributed by atoms with Crippen LogP contribution in [-0.4, -0.2) is 0 Å². The molecule has 0 spiro atoms. The lowest BCUT2D eigenvalue weighted by Crippen LogP contribution is -2.19. The molecule has 0 nitrogen and oxygen atoms in total. The minimum absolute atomic E-state index is 0.932. The van der Waals surface area contributed by atoms with Gasteiger partial charge in [0.15, 0.2) is 0 Å². The molecule has 0 N–H and O–H groups in total. The lowest BCUT2D eigenvalue weighted by molar-refractivity contribution is 0.218. The summed E-state index contributed by atoms with van der Waals surface area (Å²) in [4.78, 5) is 0. The first-order valence-electron chi connectivity index (χ1n) is 9.56. The summed E-state index contributed by atoms with van der Waals surface area (Å²) in [6, 6.07) is 0. The van der Waals surface area contributed by atoms with E-state index >= 15 is 0 Å². The summed E-state index contributed by atoms with van der Waals surface area (Å²) in [5, 5.41) is 0. The van der Waals surface area contributed by atoms with Crippen LogP contribution in [0, 0.1) is 17.8 Å². The zero-order valence-corrected chi connectivity index (χ0v) is 18.3. The van der Waals surface area contributed by atoms with Crippen LogP contribution in [0.3, 0.4) is 0 Å². The molecule has 0 heteroatoms. The van der Waals surface area contributed by atoms with Gasteiger partial charge in [0.05, 0.1) is 0 Å². The molecule has 0 aromatic heterocycles. The molecule has 0 amide bonds. The van der Waals surface area contributed by atoms with Crippen molar-refractivity contribution in [2.75, 3.05) is 0 Å². The number of hydrogen-bond acceptors (Lipinski definition) is 0. The van der Waals surface area contributed by atoms with E-state index in [9.17, 15) is 0 Å². The Balaban J connectivity index is -0.000000137. The molecule has 1 aliphatic rings. The van der Waals surface area contributed by atoms with E-state index in [-0.39, 0.29) is 0 Å². The summed E-state index contributed by atoms with van der Waals surface area (Å²) in [6.07, 6.45) is 7.30. The Hall–Kier alpha value is -0.780. The van der Waals surface area contributed by atoms with Gasteiger partial charge in [0, 0.05) is 0 Å². The Morgan fingerprint density at radius 3 is 1.35 bits per heavy atom. The zero-order chi connectivity index (χ0) is 19.4. The fourth-order valence-electron chi connectivity index (χ4n) is 2.77. The summed E-state index contributed by atoms with van der Waals surface area (Å²) >= 11 is 0. The van der Waals surface area contributed by atoms with Crippen LogP contribution >= 0.6 is 0 Å². The van der Waals surface area contributed by atoms with Crippen molar-refractivity contribution in [3.63, 3.8) is 0 Å². The molecule has 0 aromatic carbocycles. The van der Waals surface area contributed by atoms with Gasteiger partial charge in [0.2, 0.25) is 0 Å². The Morgan fingerprint density at radius 1 is 0.870 bits per heavy atom. The van der Waals surface area contributed by atoms with Crippen LogP contribution in [0.1, 0.15) is 94.9 Å². The fraction of sp³-hybridized carbons (Fsp3) is 0.739. The van der Waals surface area contributed by atoms with Crippen LogP contribution < -0.4 is 0 Å². The first kappa shape index (κ1) is 30.1. The summed E-state index contributed by atoms with van der Waals surface area (Å²) in [6.45, 7) is 31.7.